The smallest absolute Gasteiger partial charge is 0.104 e. The minimum atomic E-state index is -2.61. The van der Waals surface area contributed by atoms with E-state index in [1.54, 1.807) is 6.92 Å². The average molecular weight is 208 g/mol. The van der Waals surface area contributed by atoms with E-state index in [1.807, 2.05) is 0 Å². The fraction of sp³-hybridized carbons (Fsp3) is 0.308. The Kier molecular flexibility index (Phi) is 1.07. The lowest BCUT2D eigenvalue weighted by atomic mass is 9.92. The van der Waals surface area contributed by atoms with Gasteiger partial charge >= 0.3 is 0 Å². The lowest BCUT2D eigenvalue weighted by molar-refractivity contribution is 0.871. The van der Waals surface area contributed by atoms with Gasteiger partial charge in [0.25, 0.3) is 0 Å². The second-order valence-electron chi connectivity index (χ2n) is 3.35. The number of hydrogen-bond acceptors (Lipinski definition) is 1. The van der Waals surface area contributed by atoms with Gasteiger partial charge in [-0.25, -0.2) is 4.98 Å². The molecular weight excluding hydrogens is 184 g/mol. The van der Waals surface area contributed by atoms with Crippen LogP contribution in [0.1, 0.15) is 46.2 Å². The number of aryl methyl sites for hydroxylation is 1. The molecule has 0 saturated carbocycles. The number of aromatic nitrogens is 2. The molecule has 78 valence electrons. The fourth-order valence-electron chi connectivity index (χ4n) is 1.49. The molecule has 1 atom stereocenters. The van der Waals surface area contributed by atoms with Gasteiger partial charge in [-0.1, -0.05) is 25.1 Å². The molecule has 0 radical (unpaired) electrons. The van der Waals surface area contributed by atoms with Crippen molar-refractivity contribution in [2.24, 2.45) is 0 Å². The minimum Gasteiger partial charge on any atom is -0.351 e. The maximum absolute atomic E-state index is 7.78. The molecule has 0 spiro atoms. The minimum absolute atomic E-state index is 0.0849. The van der Waals surface area contributed by atoms with Gasteiger partial charge in [0, 0.05) is 20.3 Å². The predicted octanol–water partition coefficient (Wildman–Crippen LogP) is 3.18. The Labute approximate surface area is 102 Å². The highest BCUT2D eigenvalue weighted by Crippen LogP contribution is 2.26. The maximum Gasteiger partial charge on any atom is 0.104 e. The Morgan fingerprint density at radius 3 is 3.07 bits per heavy atom. The predicted molar refractivity (Wildman–Crippen MR) is 62.0 cm³/mol. The van der Waals surface area contributed by atoms with Crippen LogP contribution in [0, 0.1) is 13.7 Å². The molecule has 2 rings (SSSR count). The van der Waals surface area contributed by atoms with Crippen molar-refractivity contribution in [3.63, 3.8) is 0 Å². The number of aromatic amines is 1. The van der Waals surface area contributed by atoms with E-state index in [9.17, 15) is 0 Å². The Hall–Kier alpha value is -1.57. The van der Waals surface area contributed by atoms with Crippen LogP contribution in [0.3, 0.4) is 0 Å². The van der Waals surface area contributed by atoms with Crippen molar-refractivity contribution in [1.82, 2.24) is 9.97 Å². The second-order valence-corrected chi connectivity index (χ2v) is 3.35. The zero-order chi connectivity index (χ0) is 17.6. The van der Waals surface area contributed by atoms with Crippen LogP contribution in [0.15, 0.2) is 30.7 Å². The molecule has 1 N–H and O–H groups in total. The van der Waals surface area contributed by atoms with Crippen LogP contribution in [-0.4, -0.2) is 9.97 Å². The molecule has 0 aliphatic heterocycles. The zero-order valence-corrected chi connectivity index (χ0v) is 8.26. The standard InChI is InChI=1S/C13H16N2/c1-9-5-4-6-12(10(9)2)11(3)13-7-14-8-15-13/h4-8,11H,1-3H3,(H,14,15)/t11-/m1/s1/i1D3,2D3,7D,8D. The summed E-state index contributed by atoms with van der Waals surface area (Å²) in [5, 5.41) is 0. The summed E-state index contributed by atoms with van der Waals surface area (Å²) in [6.07, 6.45) is -0.280. The van der Waals surface area contributed by atoms with E-state index in [2.05, 4.69) is 9.97 Å². The molecule has 2 heteroatoms. The summed E-state index contributed by atoms with van der Waals surface area (Å²) in [6.45, 7) is -3.53. The van der Waals surface area contributed by atoms with Gasteiger partial charge in [-0.2, -0.15) is 0 Å². The first-order valence-electron chi connectivity index (χ1n) is 8.60. The van der Waals surface area contributed by atoms with Gasteiger partial charge < -0.3 is 4.98 Å². The summed E-state index contributed by atoms with van der Waals surface area (Å²) in [5.74, 6) is -0.629. The highest BCUT2D eigenvalue weighted by Gasteiger charge is 2.12. The molecule has 0 bridgehead atoms. The molecule has 2 aromatic rings. The molecule has 1 heterocycles. The van der Waals surface area contributed by atoms with E-state index >= 15 is 0 Å². The van der Waals surface area contributed by atoms with Gasteiger partial charge in [0.1, 0.15) is 1.37 Å². The molecule has 2 nitrogen and oxygen atoms in total. The second kappa shape index (κ2) is 3.89. The van der Waals surface area contributed by atoms with Crippen LogP contribution < -0.4 is 0 Å². The summed E-state index contributed by atoms with van der Waals surface area (Å²) in [7, 11) is 0. The normalized spacial score (nSPS) is 22.2. The number of nitrogens with zero attached hydrogens (tertiary/aromatic N) is 1. The third kappa shape index (κ3) is 1.80. The first kappa shape index (κ1) is 4.12. The monoisotopic (exact) mass is 208 g/mol. The molecule has 1 aromatic carbocycles. The van der Waals surface area contributed by atoms with E-state index in [1.165, 1.54) is 18.2 Å². The Bertz CT molecular complexity index is 714. The van der Waals surface area contributed by atoms with Crippen molar-refractivity contribution in [3.05, 3.63) is 53.1 Å². The van der Waals surface area contributed by atoms with Crippen molar-refractivity contribution in [1.29, 1.82) is 0 Å². The van der Waals surface area contributed by atoms with Crippen LogP contribution in [0.25, 0.3) is 0 Å². The Morgan fingerprint density at radius 2 is 2.40 bits per heavy atom. The van der Waals surface area contributed by atoms with E-state index in [0.29, 0.717) is 0 Å². The van der Waals surface area contributed by atoms with Crippen LogP contribution in [0.5, 0.6) is 0 Å². The van der Waals surface area contributed by atoms with E-state index < -0.39 is 19.6 Å². The molecule has 1 aromatic heterocycles. The topological polar surface area (TPSA) is 28.7 Å². The van der Waals surface area contributed by atoms with Gasteiger partial charge in [-0.3, -0.25) is 0 Å². The highest BCUT2D eigenvalue weighted by atomic mass is 14.9. The zero-order valence-electron chi connectivity index (χ0n) is 16.3. The molecule has 0 unspecified atom stereocenters. The Balaban J connectivity index is 2.70. The molecule has 0 saturated heterocycles. The van der Waals surface area contributed by atoms with Crippen molar-refractivity contribution in [2.75, 3.05) is 0 Å². The van der Waals surface area contributed by atoms with Gasteiger partial charge in [-0.15, -0.1) is 0 Å². The summed E-state index contributed by atoms with van der Waals surface area (Å²) >= 11 is 0. The van der Waals surface area contributed by atoms with Crippen LogP contribution >= 0.6 is 0 Å². The number of hydrogen-bond donors (Lipinski definition) is 1. The fourth-order valence-corrected chi connectivity index (χ4v) is 1.49. The number of benzene rings is 1. The number of imidazole rings is 1. The number of rotatable bonds is 2. The lowest BCUT2D eigenvalue weighted by Gasteiger charge is -2.14. The van der Waals surface area contributed by atoms with E-state index in [-0.39, 0.29) is 34.9 Å². The van der Waals surface area contributed by atoms with E-state index in [4.69, 9.17) is 11.0 Å². The third-order valence-corrected chi connectivity index (χ3v) is 2.40. The SMILES string of the molecule is [2H]c1nc([C@H](C)c2cccc(C([2H])([2H])[2H])c2C([2H])([2H])[2H])c([2H])[nH]1. The van der Waals surface area contributed by atoms with Crippen molar-refractivity contribution < 1.29 is 11.0 Å². The molecule has 0 aliphatic rings. The molecule has 15 heavy (non-hydrogen) atoms. The van der Waals surface area contributed by atoms with Crippen molar-refractivity contribution in [3.8, 4) is 0 Å². The van der Waals surface area contributed by atoms with Gasteiger partial charge in [0.2, 0.25) is 0 Å². The summed E-state index contributed by atoms with van der Waals surface area (Å²) in [5.41, 5.74) is 0.0262. The summed E-state index contributed by atoms with van der Waals surface area (Å²) in [4.78, 5) is 6.33. The molecular formula is C13H16N2. The highest BCUT2D eigenvalue weighted by molar-refractivity contribution is 5.38. The maximum atomic E-state index is 7.78. The van der Waals surface area contributed by atoms with Gasteiger partial charge in [0.15, 0.2) is 0 Å². The lowest BCUT2D eigenvalue weighted by Crippen LogP contribution is -2.00. The Morgan fingerprint density at radius 1 is 1.47 bits per heavy atom. The van der Waals surface area contributed by atoms with Crippen molar-refractivity contribution >= 4 is 0 Å². The van der Waals surface area contributed by atoms with Gasteiger partial charge in [-0.05, 0) is 30.4 Å². The van der Waals surface area contributed by atoms with Crippen LogP contribution in [-0.2, 0) is 0 Å². The van der Waals surface area contributed by atoms with Crippen LogP contribution in [0.2, 0.25) is 0 Å². The number of H-pyrrole nitrogens is 1. The molecule has 0 amide bonds. The largest absolute Gasteiger partial charge is 0.351 e. The molecule has 0 fully saturated rings. The average Bonchev–Trinajstić information content (AvgIpc) is 2.74. The first-order valence-corrected chi connectivity index (χ1v) is 4.60. The molecule has 0 aliphatic carbocycles. The third-order valence-electron chi connectivity index (χ3n) is 2.40. The van der Waals surface area contributed by atoms with Crippen molar-refractivity contribution in [2.45, 2.75) is 26.5 Å². The number of nitrogens with one attached hydrogen (secondary N) is 1. The van der Waals surface area contributed by atoms with E-state index in [0.717, 1.165) is 0 Å². The van der Waals surface area contributed by atoms with Crippen LogP contribution in [0.4, 0.5) is 0 Å². The summed E-state index contributed by atoms with van der Waals surface area (Å²) in [6, 6.07) is 4.30. The quantitative estimate of drug-likeness (QED) is 0.806. The van der Waals surface area contributed by atoms with Gasteiger partial charge in [0.05, 0.1) is 13.4 Å². The first-order chi connectivity index (χ1) is 10.4. The summed E-state index contributed by atoms with van der Waals surface area (Å²) < 4.78 is 61.1.